The molecule has 0 amide bonds. The molecule has 0 saturated carbocycles. The van der Waals surface area contributed by atoms with Crippen molar-refractivity contribution in [1.29, 1.82) is 0 Å². The van der Waals surface area contributed by atoms with E-state index in [1.54, 1.807) is 12.3 Å². The Morgan fingerprint density at radius 3 is 1.59 bits per heavy atom. The van der Waals surface area contributed by atoms with Gasteiger partial charge in [0.1, 0.15) is 18.3 Å². The molecule has 0 bridgehead atoms. The third-order valence-corrected chi connectivity index (χ3v) is 6.52. The third-order valence-electron chi connectivity index (χ3n) is 6.00. The van der Waals surface area contributed by atoms with E-state index in [2.05, 4.69) is 33.0 Å². The Balaban J connectivity index is 1.56. The number of rotatable bonds is 15. The van der Waals surface area contributed by atoms with Crippen LogP contribution in [0, 0.1) is 0 Å². The van der Waals surface area contributed by atoms with E-state index in [1.165, 1.54) is 0 Å². The number of hydrogen-bond acceptors (Lipinski definition) is 5. The van der Waals surface area contributed by atoms with Crippen molar-refractivity contribution in [3.05, 3.63) is 149 Å². The van der Waals surface area contributed by atoms with Crippen LogP contribution < -0.4 is 5.43 Å². The Labute approximate surface area is 239 Å². The number of nitrogens with one attached hydrogen (secondary N) is 1. The van der Waals surface area contributed by atoms with Crippen LogP contribution in [0.2, 0.25) is 0 Å². The topological polar surface area (TPSA) is 52.1 Å². The average Bonchev–Trinajstić information content (AvgIpc) is 2.99. The lowest BCUT2D eigenvalue weighted by Gasteiger charge is -2.30. The van der Waals surface area contributed by atoms with Crippen molar-refractivity contribution < 1.29 is 14.2 Å². The van der Waals surface area contributed by atoms with Crippen LogP contribution in [0.3, 0.4) is 0 Å². The molecule has 0 saturated heterocycles. The fraction of sp³-hybridized carbons (Fsp3) is 0.182. The normalized spacial score (nSPS) is 13.6. The Morgan fingerprint density at radius 1 is 0.641 bits per heavy atom. The van der Waals surface area contributed by atoms with Gasteiger partial charge < -0.3 is 14.2 Å². The van der Waals surface area contributed by atoms with Gasteiger partial charge in [-0.25, -0.2) is 0 Å². The van der Waals surface area contributed by atoms with Gasteiger partial charge in [-0.1, -0.05) is 113 Å². The van der Waals surface area contributed by atoms with Gasteiger partial charge >= 0.3 is 0 Å². The number of nitrogens with zero attached hydrogens (tertiary/aromatic N) is 1. The van der Waals surface area contributed by atoms with Crippen LogP contribution in [0.4, 0.5) is 5.69 Å². The lowest BCUT2D eigenvalue weighted by molar-refractivity contribution is -0.116. The summed E-state index contributed by atoms with van der Waals surface area (Å²) in [5.41, 5.74) is 7.13. The molecule has 0 aliphatic heterocycles. The molecule has 0 aliphatic rings. The second kappa shape index (κ2) is 15.8. The third kappa shape index (κ3) is 9.61. The first-order valence-corrected chi connectivity index (χ1v) is 13.6. The molecule has 0 heterocycles. The Bertz CT molecular complexity index is 1270. The summed E-state index contributed by atoms with van der Waals surface area (Å²) in [6.45, 7) is 5.26. The van der Waals surface area contributed by atoms with Gasteiger partial charge in [0, 0.05) is 4.47 Å². The van der Waals surface area contributed by atoms with Crippen LogP contribution in [0.25, 0.3) is 0 Å². The number of halogens is 1. The summed E-state index contributed by atoms with van der Waals surface area (Å²) in [6, 6.07) is 38.0. The largest absolute Gasteiger partial charge is 0.367 e. The van der Waals surface area contributed by atoms with Crippen molar-refractivity contribution in [2.45, 2.75) is 38.1 Å². The highest BCUT2D eigenvalue weighted by Gasteiger charge is 2.30. The molecule has 4 aromatic rings. The van der Waals surface area contributed by atoms with E-state index in [1.807, 2.05) is 115 Å². The molecule has 4 aromatic carbocycles. The van der Waals surface area contributed by atoms with Crippen molar-refractivity contribution in [2.75, 3.05) is 5.43 Å². The summed E-state index contributed by atoms with van der Waals surface area (Å²) >= 11 is 3.46. The zero-order chi connectivity index (χ0) is 27.1. The maximum Gasteiger partial charge on any atom is 0.124 e. The first-order valence-electron chi connectivity index (χ1n) is 12.8. The van der Waals surface area contributed by atoms with Gasteiger partial charge in [-0.15, -0.1) is 6.58 Å². The van der Waals surface area contributed by atoms with Crippen LogP contribution in [0.1, 0.15) is 16.7 Å². The van der Waals surface area contributed by atoms with Crippen molar-refractivity contribution in [2.24, 2.45) is 5.10 Å². The second-order valence-electron chi connectivity index (χ2n) is 8.92. The number of anilines is 1. The first-order chi connectivity index (χ1) is 19.2. The predicted molar refractivity (Wildman–Crippen MR) is 162 cm³/mol. The van der Waals surface area contributed by atoms with Crippen molar-refractivity contribution in [3.63, 3.8) is 0 Å². The van der Waals surface area contributed by atoms with Gasteiger partial charge in [0.05, 0.1) is 31.7 Å². The molecular formula is C33H33BrN2O3. The molecule has 0 aliphatic carbocycles. The van der Waals surface area contributed by atoms with Gasteiger partial charge in [-0.2, -0.15) is 5.10 Å². The maximum atomic E-state index is 6.49. The monoisotopic (exact) mass is 584 g/mol. The minimum Gasteiger partial charge on any atom is -0.367 e. The molecule has 39 heavy (non-hydrogen) atoms. The molecule has 0 unspecified atom stereocenters. The highest BCUT2D eigenvalue weighted by molar-refractivity contribution is 9.10. The molecule has 1 N–H and O–H groups in total. The lowest BCUT2D eigenvalue weighted by atomic mass is 10.1. The summed E-state index contributed by atoms with van der Waals surface area (Å²) in [4.78, 5) is 0. The Morgan fingerprint density at radius 2 is 1.10 bits per heavy atom. The highest BCUT2D eigenvalue weighted by atomic mass is 79.9. The van der Waals surface area contributed by atoms with E-state index in [9.17, 15) is 0 Å². The van der Waals surface area contributed by atoms with Gasteiger partial charge in [0.15, 0.2) is 0 Å². The van der Waals surface area contributed by atoms with E-state index in [0.717, 1.165) is 26.9 Å². The number of benzene rings is 4. The zero-order valence-corrected chi connectivity index (χ0v) is 23.3. The molecule has 3 atom stereocenters. The fourth-order valence-electron chi connectivity index (χ4n) is 3.91. The molecule has 200 valence electrons. The van der Waals surface area contributed by atoms with Crippen LogP contribution in [0.15, 0.2) is 137 Å². The smallest absolute Gasteiger partial charge is 0.124 e. The maximum absolute atomic E-state index is 6.49. The summed E-state index contributed by atoms with van der Waals surface area (Å²) in [6.07, 6.45) is 2.02. The van der Waals surface area contributed by atoms with E-state index >= 15 is 0 Å². The van der Waals surface area contributed by atoms with Crippen molar-refractivity contribution >= 4 is 27.8 Å². The molecule has 5 nitrogen and oxygen atoms in total. The highest BCUT2D eigenvalue weighted by Crippen LogP contribution is 2.19. The number of hydrogen-bond donors (Lipinski definition) is 1. The standard InChI is InChI=1S/C33H33BrN2O3/c1-2-31(37-23-26-12-6-3-7-13-26)33(39-25-28-16-10-5-11-17-28)32(38-24-27-14-8-4-9-15-27)22-35-36-30-20-18-29(34)19-21-30/h2-22,31-33,36H,1,23-25H2/b35-22+/t31-,32+,33+/m1/s1. The Hall–Kier alpha value is -3.55. The quantitative estimate of drug-likeness (QED) is 0.0880. The van der Waals surface area contributed by atoms with E-state index in [-0.39, 0.29) is 0 Å². The van der Waals surface area contributed by atoms with Crippen molar-refractivity contribution in [1.82, 2.24) is 0 Å². The summed E-state index contributed by atoms with van der Waals surface area (Å²) in [5, 5.41) is 4.51. The van der Waals surface area contributed by atoms with E-state index in [0.29, 0.717) is 19.8 Å². The van der Waals surface area contributed by atoms with Crippen LogP contribution in [-0.2, 0) is 34.0 Å². The van der Waals surface area contributed by atoms with Crippen molar-refractivity contribution in [3.8, 4) is 0 Å². The van der Waals surface area contributed by atoms with Gasteiger partial charge in [-0.05, 0) is 41.0 Å². The summed E-state index contributed by atoms with van der Waals surface area (Å²) in [7, 11) is 0. The molecule has 0 spiro atoms. The Kier molecular flexibility index (Phi) is 11.5. The zero-order valence-electron chi connectivity index (χ0n) is 21.7. The predicted octanol–water partition coefficient (Wildman–Crippen LogP) is 7.79. The molecule has 4 rings (SSSR count). The van der Waals surface area contributed by atoms with Crippen LogP contribution in [-0.4, -0.2) is 24.5 Å². The van der Waals surface area contributed by atoms with Gasteiger partial charge in [0.25, 0.3) is 0 Å². The first kappa shape index (κ1) is 28.5. The van der Waals surface area contributed by atoms with Crippen LogP contribution >= 0.6 is 15.9 Å². The number of ether oxygens (including phenoxy) is 3. The summed E-state index contributed by atoms with van der Waals surface area (Å²) in [5.74, 6) is 0. The van der Waals surface area contributed by atoms with Gasteiger partial charge in [-0.3, -0.25) is 5.43 Å². The second-order valence-corrected chi connectivity index (χ2v) is 9.83. The molecular weight excluding hydrogens is 552 g/mol. The molecule has 0 aromatic heterocycles. The SMILES string of the molecule is C=C[C@@H](OCc1ccccc1)[C@H](OCc1ccccc1)[C@H](/C=N/Nc1ccc(Br)cc1)OCc1ccccc1. The minimum atomic E-state index is -0.532. The molecule has 0 fully saturated rings. The minimum absolute atomic E-state index is 0.392. The molecule has 0 radical (unpaired) electrons. The number of hydrazone groups is 1. The van der Waals surface area contributed by atoms with E-state index in [4.69, 9.17) is 14.2 Å². The summed E-state index contributed by atoms with van der Waals surface area (Å²) < 4.78 is 20.2. The molecule has 6 heteroatoms. The average molecular weight is 586 g/mol. The van der Waals surface area contributed by atoms with Gasteiger partial charge in [0.2, 0.25) is 0 Å². The van der Waals surface area contributed by atoms with E-state index < -0.39 is 18.3 Å². The van der Waals surface area contributed by atoms with Crippen LogP contribution in [0.5, 0.6) is 0 Å². The fourth-order valence-corrected chi connectivity index (χ4v) is 4.17. The lowest BCUT2D eigenvalue weighted by Crippen LogP contribution is -2.42.